The van der Waals surface area contributed by atoms with E-state index in [4.69, 9.17) is 4.74 Å². The number of aromatic hydroxyl groups is 1. The van der Waals surface area contributed by atoms with Gasteiger partial charge in [-0.1, -0.05) is 12.1 Å². The van der Waals surface area contributed by atoms with Crippen molar-refractivity contribution in [2.45, 2.75) is 13.1 Å². The number of benzene rings is 1. The fourth-order valence-corrected chi connectivity index (χ4v) is 1.80. The van der Waals surface area contributed by atoms with Crippen LogP contribution in [0, 0.1) is 0 Å². The molecule has 2 N–H and O–H groups in total. The molecule has 122 valence electrons. The van der Waals surface area contributed by atoms with Crippen molar-refractivity contribution in [3.8, 4) is 11.5 Å². The third-order valence-electron chi connectivity index (χ3n) is 2.80. The van der Waals surface area contributed by atoms with Crippen molar-refractivity contribution >= 4 is 12.2 Å². The number of H-pyrrole nitrogens is 1. The van der Waals surface area contributed by atoms with E-state index in [1.165, 1.54) is 24.3 Å². The molecule has 0 amide bonds. The van der Waals surface area contributed by atoms with Gasteiger partial charge < -0.3 is 14.8 Å². The largest absolute Gasteiger partial charge is 0.504 e. The molecule has 0 saturated carbocycles. The van der Waals surface area contributed by atoms with E-state index in [0.29, 0.717) is 12.2 Å². The molecule has 2 aromatic rings. The fourth-order valence-electron chi connectivity index (χ4n) is 1.80. The van der Waals surface area contributed by atoms with Gasteiger partial charge in [0.2, 0.25) is 0 Å². The Morgan fingerprint density at radius 1 is 1.30 bits per heavy atom. The van der Waals surface area contributed by atoms with Crippen LogP contribution in [0.4, 0.5) is 13.2 Å². The number of hydrogen-bond donors (Lipinski definition) is 2. The summed E-state index contributed by atoms with van der Waals surface area (Å²) in [5.41, 5.74) is -1.81. The zero-order valence-electron chi connectivity index (χ0n) is 12.0. The summed E-state index contributed by atoms with van der Waals surface area (Å²) in [4.78, 5) is 16.3. The summed E-state index contributed by atoms with van der Waals surface area (Å²) in [6.07, 6.45) is -1.93. The summed E-state index contributed by atoms with van der Waals surface area (Å²) in [6, 6.07) is 5.21. The Hall–Kier alpha value is -2.77. The van der Waals surface area contributed by atoms with Crippen molar-refractivity contribution in [1.29, 1.82) is 0 Å². The zero-order valence-corrected chi connectivity index (χ0v) is 12.0. The molecular weight excluding hydrogens is 313 g/mol. The number of nitrogens with one attached hydrogen (secondary N) is 1. The summed E-state index contributed by atoms with van der Waals surface area (Å²) < 4.78 is 43.1. The van der Waals surface area contributed by atoms with E-state index in [-0.39, 0.29) is 17.2 Å². The summed E-state index contributed by atoms with van der Waals surface area (Å²) >= 11 is 0. The van der Waals surface area contributed by atoms with Crippen LogP contribution in [0.1, 0.15) is 23.9 Å². The second kappa shape index (κ2) is 6.55. The lowest BCUT2D eigenvalue weighted by Gasteiger charge is -2.07. The Labute approximate surface area is 129 Å². The second-order valence-corrected chi connectivity index (χ2v) is 4.52. The monoisotopic (exact) mass is 326 g/mol. The van der Waals surface area contributed by atoms with E-state index in [1.807, 2.05) is 0 Å². The predicted octanol–water partition coefficient (Wildman–Crippen LogP) is 3.06. The molecule has 0 unspecified atom stereocenters. The van der Waals surface area contributed by atoms with Gasteiger partial charge in [0.1, 0.15) is 5.69 Å². The van der Waals surface area contributed by atoms with E-state index in [1.54, 1.807) is 18.0 Å². The van der Waals surface area contributed by atoms with Crippen LogP contribution in [0.2, 0.25) is 0 Å². The number of aromatic amines is 1. The molecular formula is C15H13F3N2O3. The first-order valence-corrected chi connectivity index (χ1v) is 6.62. The smallest absolute Gasteiger partial charge is 0.431 e. The lowest BCUT2D eigenvalue weighted by atomic mass is 10.1. The van der Waals surface area contributed by atoms with Gasteiger partial charge in [-0.05, 0) is 36.8 Å². The highest BCUT2D eigenvalue weighted by Crippen LogP contribution is 2.28. The number of nitrogens with zero attached hydrogens (tertiary/aromatic N) is 1. The number of alkyl halides is 3. The first-order valence-electron chi connectivity index (χ1n) is 6.62. The summed E-state index contributed by atoms with van der Waals surface area (Å²) in [6.45, 7) is 2.10. The Bertz CT molecular complexity index is 782. The van der Waals surface area contributed by atoms with Gasteiger partial charge >= 0.3 is 11.9 Å². The van der Waals surface area contributed by atoms with Crippen LogP contribution in [0.25, 0.3) is 12.2 Å². The first-order chi connectivity index (χ1) is 10.8. The highest BCUT2D eigenvalue weighted by Gasteiger charge is 2.32. The summed E-state index contributed by atoms with van der Waals surface area (Å²) in [5, 5.41) is 9.58. The molecule has 0 fully saturated rings. The highest BCUT2D eigenvalue weighted by molar-refractivity contribution is 5.69. The van der Waals surface area contributed by atoms with Crippen molar-refractivity contribution in [3.63, 3.8) is 0 Å². The minimum Gasteiger partial charge on any atom is -0.504 e. The van der Waals surface area contributed by atoms with Gasteiger partial charge in [0, 0.05) is 0 Å². The molecule has 1 aromatic heterocycles. The van der Waals surface area contributed by atoms with Crippen LogP contribution in [0.15, 0.2) is 29.1 Å². The van der Waals surface area contributed by atoms with Gasteiger partial charge in [0.15, 0.2) is 11.5 Å². The van der Waals surface area contributed by atoms with Crippen molar-refractivity contribution in [3.05, 3.63) is 51.7 Å². The topological polar surface area (TPSA) is 75.2 Å². The van der Waals surface area contributed by atoms with Crippen LogP contribution in [0.5, 0.6) is 11.5 Å². The molecule has 0 aliphatic carbocycles. The molecule has 0 spiro atoms. The maximum Gasteiger partial charge on any atom is 0.431 e. The second-order valence-electron chi connectivity index (χ2n) is 4.52. The number of phenols is 1. The molecule has 0 radical (unpaired) electrons. The lowest BCUT2D eigenvalue weighted by molar-refractivity contribution is -0.141. The number of halogens is 3. The quantitative estimate of drug-likeness (QED) is 0.905. The SMILES string of the molecule is CCOc1cc(C=Cc2cc(C(F)(F)F)[nH]c(=O)n2)ccc1O. The van der Waals surface area contributed by atoms with Crippen LogP contribution >= 0.6 is 0 Å². The van der Waals surface area contributed by atoms with Crippen LogP contribution in [0.3, 0.4) is 0 Å². The lowest BCUT2D eigenvalue weighted by Crippen LogP contribution is -2.19. The van der Waals surface area contributed by atoms with Crippen LogP contribution in [-0.2, 0) is 6.18 Å². The van der Waals surface area contributed by atoms with Crippen molar-refractivity contribution < 1.29 is 23.0 Å². The van der Waals surface area contributed by atoms with Gasteiger partial charge in [-0.2, -0.15) is 18.2 Å². The molecule has 0 aliphatic heterocycles. The number of rotatable bonds is 4. The van der Waals surface area contributed by atoms with E-state index < -0.39 is 17.6 Å². The van der Waals surface area contributed by atoms with E-state index in [9.17, 15) is 23.1 Å². The van der Waals surface area contributed by atoms with Crippen LogP contribution in [-0.4, -0.2) is 21.7 Å². The Morgan fingerprint density at radius 2 is 2.04 bits per heavy atom. The Morgan fingerprint density at radius 3 is 2.70 bits per heavy atom. The molecule has 0 bridgehead atoms. The molecule has 0 saturated heterocycles. The molecule has 0 aliphatic rings. The zero-order chi connectivity index (χ0) is 17.0. The highest BCUT2D eigenvalue weighted by atomic mass is 19.4. The molecule has 23 heavy (non-hydrogen) atoms. The maximum atomic E-state index is 12.6. The van der Waals surface area contributed by atoms with E-state index in [0.717, 1.165) is 6.07 Å². The van der Waals surface area contributed by atoms with Gasteiger partial charge in [-0.3, -0.25) is 0 Å². The molecule has 5 nitrogen and oxygen atoms in total. The summed E-state index contributed by atoms with van der Waals surface area (Å²) in [7, 11) is 0. The predicted molar refractivity (Wildman–Crippen MR) is 78.1 cm³/mol. The molecule has 0 atom stereocenters. The van der Waals surface area contributed by atoms with Gasteiger partial charge in [0.05, 0.1) is 12.3 Å². The van der Waals surface area contributed by atoms with Crippen molar-refractivity contribution in [2.75, 3.05) is 6.61 Å². The van der Waals surface area contributed by atoms with Crippen molar-refractivity contribution in [1.82, 2.24) is 9.97 Å². The van der Waals surface area contributed by atoms with Gasteiger partial charge in [0.25, 0.3) is 0 Å². The average Bonchev–Trinajstić information content (AvgIpc) is 2.47. The van der Waals surface area contributed by atoms with Crippen LogP contribution < -0.4 is 10.4 Å². The van der Waals surface area contributed by atoms with Gasteiger partial charge in [-0.25, -0.2) is 4.79 Å². The third-order valence-corrected chi connectivity index (χ3v) is 2.80. The minimum atomic E-state index is -4.66. The third kappa shape index (κ3) is 4.35. The fraction of sp³-hybridized carbons (Fsp3) is 0.200. The molecule has 1 heterocycles. The number of hydrogen-bond acceptors (Lipinski definition) is 4. The number of aromatic nitrogens is 2. The summed E-state index contributed by atoms with van der Waals surface area (Å²) in [5.74, 6) is 0.210. The molecule has 2 rings (SSSR count). The Kier molecular flexibility index (Phi) is 4.73. The van der Waals surface area contributed by atoms with Crippen molar-refractivity contribution in [2.24, 2.45) is 0 Å². The van der Waals surface area contributed by atoms with Gasteiger partial charge in [-0.15, -0.1) is 0 Å². The molecule has 8 heteroatoms. The first kappa shape index (κ1) is 16.6. The van der Waals surface area contributed by atoms with E-state index in [2.05, 4.69) is 4.98 Å². The average molecular weight is 326 g/mol. The minimum absolute atomic E-state index is 0.0439. The number of ether oxygens (including phenoxy) is 1. The maximum absolute atomic E-state index is 12.6. The number of phenolic OH excluding ortho intramolecular Hbond substituents is 1. The van der Waals surface area contributed by atoms with E-state index >= 15 is 0 Å². The molecule has 1 aromatic carbocycles. The normalized spacial score (nSPS) is 11.8. The standard InChI is InChI=1S/C15H13F3N2O3/c1-2-23-12-7-9(4-6-11(12)21)3-5-10-8-13(15(16,17)18)20-14(22)19-10/h3-8,21H,2H2,1H3,(H,19,20,22). The Balaban J connectivity index is 2.32.